The van der Waals surface area contributed by atoms with Crippen molar-refractivity contribution < 1.29 is 13.7 Å². The Morgan fingerprint density at radius 1 is 1.29 bits per heavy atom. The minimum Gasteiger partial charge on any atom is -0.351 e. The molecule has 2 atom stereocenters. The first kappa shape index (κ1) is 18.4. The normalized spacial score (nSPS) is 20.5. The van der Waals surface area contributed by atoms with Gasteiger partial charge in [0.15, 0.2) is 5.60 Å². The van der Waals surface area contributed by atoms with E-state index in [0.717, 1.165) is 11.1 Å². The van der Waals surface area contributed by atoms with Crippen molar-refractivity contribution in [3.8, 4) is 6.07 Å². The fraction of sp³-hybridized carbons (Fsp3) is 0.182. The van der Waals surface area contributed by atoms with E-state index >= 15 is 0 Å². The van der Waals surface area contributed by atoms with Crippen LogP contribution in [0.2, 0.25) is 5.02 Å². The Morgan fingerprint density at radius 2 is 2.04 bits per heavy atom. The largest absolute Gasteiger partial charge is 0.351 e. The van der Waals surface area contributed by atoms with Crippen LogP contribution < -0.4 is 4.57 Å². The van der Waals surface area contributed by atoms with Gasteiger partial charge in [-0.05, 0) is 23.8 Å². The second kappa shape index (κ2) is 7.23. The average Bonchev–Trinajstić information content (AvgIpc) is 3.28. The third-order valence-electron chi connectivity index (χ3n) is 4.96. The van der Waals surface area contributed by atoms with Crippen molar-refractivity contribution in [3.63, 3.8) is 0 Å². The smallest absolute Gasteiger partial charge is 0.245 e. The van der Waals surface area contributed by atoms with Gasteiger partial charge in [-0.15, -0.1) is 0 Å². The summed E-state index contributed by atoms with van der Waals surface area (Å²) in [4.78, 5) is 0. The molecule has 1 fully saturated rings. The number of imidazole rings is 1. The summed E-state index contributed by atoms with van der Waals surface area (Å²) >= 11 is 6.39. The van der Waals surface area contributed by atoms with Crippen LogP contribution in [0.1, 0.15) is 22.9 Å². The van der Waals surface area contributed by atoms with Gasteiger partial charge >= 0.3 is 0 Å². The molecule has 2 unspecified atom stereocenters. The second-order valence-electron chi connectivity index (χ2n) is 6.77. The molecule has 4 rings (SSSR count). The molecule has 1 aliphatic rings. The Balaban J connectivity index is 1.76. The molecule has 0 radical (unpaired) electrons. The van der Waals surface area contributed by atoms with E-state index in [-0.39, 0.29) is 11.9 Å². The first-order valence-electron chi connectivity index (χ1n) is 8.86. The lowest BCUT2D eigenvalue weighted by Gasteiger charge is -2.13. The van der Waals surface area contributed by atoms with Gasteiger partial charge in [0.2, 0.25) is 12.0 Å². The molecule has 2 heterocycles. The van der Waals surface area contributed by atoms with Gasteiger partial charge in [-0.25, -0.2) is 13.5 Å². The fourth-order valence-electron chi connectivity index (χ4n) is 3.57. The molecule has 6 heteroatoms. The molecule has 140 valence electrons. The van der Waals surface area contributed by atoms with Crippen molar-refractivity contribution in [2.24, 2.45) is 0 Å². The number of nitriles is 1. The molecular weight excluding hydrogens is 377 g/mol. The topological polar surface area (TPSA) is 45.1 Å². The molecule has 1 aliphatic heterocycles. The summed E-state index contributed by atoms with van der Waals surface area (Å²) in [5.74, 6) is -0.309. The molecule has 0 amide bonds. The summed E-state index contributed by atoms with van der Waals surface area (Å²) in [7, 11) is 0. The fourth-order valence-corrected chi connectivity index (χ4v) is 3.80. The molecule has 2 aromatic carbocycles. The summed E-state index contributed by atoms with van der Waals surface area (Å²) in [6, 6.07) is 16.0. The number of hydrogen-bond acceptors (Lipinski definition) is 2. The summed E-state index contributed by atoms with van der Waals surface area (Å²) in [5.41, 5.74) is 1.50. The number of hydrogen-bond donors (Lipinski definition) is 0. The number of nitrogens with zero attached hydrogens (tertiary/aromatic N) is 3. The first-order chi connectivity index (χ1) is 13.6. The lowest BCUT2D eigenvalue weighted by atomic mass is 9.91. The quantitative estimate of drug-likeness (QED) is 0.355. The predicted molar refractivity (Wildman–Crippen MR) is 103 cm³/mol. The van der Waals surface area contributed by atoms with Crippen molar-refractivity contribution in [2.75, 3.05) is 0 Å². The summed E-state index contributed by atoms with van der Waals surface area (Å²) in [6.45, 7) is 4.74. The number of benzene rings is 2. The second-order valence-corrected chi connectivity index (χ2v) is 7.18. The Bertz CT molecular complexity index is 1070. The van der Waals surface area contributed by atoms with Crippen molar-refractivity contribution in [1.29, 1.82) is 5.26 Å². The van der Waals surface area contributed by atoms with Gasteiger partial charge in [0, 0.05) is 10.6 Å². The maximum Gasteiger partial charge on any atom is 0.245 e. The van der Waals surface area contributed by atoms with Gasteiger partial charge in [0.1, 0.15) is 37.3 Å². The predicted octanol–water partition coefficient (Wildman–Crippen LogP) is 4.29. The van der Waals surface area contributed by atoms with Crippen LogP contribution in [0, 0.1) is 17.1 Å². The lowest BCUT2D eigenvalue weighted by molar-refractivity contribution is -0.686. The van der Waals surface area contributed by atoms with E-state index < -0.39 is 5.60 Å². The van der Waals surface area contributed by atoms with E-state index in [0.29, 0.717) is 23.8 Å². The third-order valence-corrected chi connectivity index (χ3v) is 5.30. The molecule has 1 aromatic heterocycles. The molecule has 1 saturated heterocycles. The highest BCUT2D eigenvalue weighted by molar-refractivity contribution is 6.31. The highest BCUT2D eigenvalue weighted by Crippen LogP contribution is 2.59. The van der Waals surface area contributed by atoms with Crippen LogP contribution in [-0.4, -0.2) is 4.57 Å². The minimum atomic E-state index is -0.727. The Labute approximate surface area is 167 Å². The van der Waals surface area contributed by atoms with Crippen LogP contribution in [0.3, 0.4) is 0 Å². The van der Waals surface area contributed by atoms with Gasteiger partial charge in [-0.3, -0.25) is 0 Å². The van der Waals surface area contributed by atoms with Crippen LogP contribution >= 0.6 is 11.6 Å². The lowest BCUT2D eigenvalue weighted by Crippen LogP contribution is -2.30. The maximum absolute atomic E-state index is 13.5. The van der Waals surface area contributed by atoms with E-state index in [1.807, 2.05) is 39.7 Å². The summed E-state index contributed by atoms with van der Waals surface area (Å²) in [6.07, 6.45) is 5.11. The minimum absolute atomic E-state index is 0.284. The number of halogens is 2. The van der Waals surface area contributed by atoms with Gasteiger partial charge in [0.05, 0.1) is 0 Å². The number of epoxide rings is 1. The number of rotatable bonds is 6. The molecular formula is C22H18ClFN3O+. The Hall–Kier alpha value is -2.94. The van der Waals surface area contributed by atoms with E-state index in [9.17, 15) is 9.65 Å². The number of ether oxygens (including phenoxy) is 1. The average molecular weight is 395 g/mol. The van der Waals surface area contributed by atoms with E-state index in [1.54, 1.807) is 24.4 Å². The monoisotopic (exact) mass is 394 g/mol. The zero-order chi connectivity index (χ0) is 19.7. The van der Waals surface area contributed by atoms with Gasteiger partial charge < -0.3 is 4.74 Å². The van der Waals surface area contributed by atoms with E-state index in [2.05, 4.69) is 12.6 Å². The molecule has 0 aliphatic carbocycles. The summed E-state index contributed by atoms with van der Waals surface area (Å²) in [5, 5.41) is 10.1. The molecule has 0 saturated carbocycles. The van der Waals surface area contributed by atoms with Crippen molar-refractivity contribution in [1.82, 2.24) is 4.57 Å². The Morgan fingerprint density at radius 3 is 2.71 bits per heavy atom. The Kier molecular flexibility index (Phi) is 4.76. The van der Waals surface area contributed by atoms with Gasteiger partial charge in [-0.1, -0.05) is 54.6 Å². The molecule has 0 bridgehead atoms. The molecule has 4 nitrogen and oxygen atoms in total. The van der Waals surface area contributed by atoms with Crippen LogP contribution in [0.5, 0.6) is 0 Å². The zero-order valence-corrected chi connectivity index (χ0v) is 15.8. The number of allylic oxidation sites excluding steroid dienone is 1. The van der Waals surface area contributed by atoms with Crippen molar-refractivity contribution in [2.45, 2.75) is 24.8 Å². The van der Waals surface area contributed by atoms with Gasteiger partial charge in [0.25, 0.3) is 0 Å². The van der Waals surface area contributed by atoms with E-state index in [4.69, 9.17) is 16.3 Å². The third kappa shape index (κ3) is 3.22. The number of aromatic nitrogens is 2. The molecule has 0 spiro atoms. The van der Waals surface area contributed by atoms with Gasteiger partial charge in [-0.2, -0.15) is 5.26 Å². The van der Waals surface area contributed by atoms with Crippen LogP contribution in [-0.2, 0) is 23.4 Å². The highest BCUT2D eigenvalue weighted by atomic mass is 35.5. The molecule has 3 aromatic rings. The zero-order valence-electron chi connectivity index (χ0n) is 15.1. The molecule has 0 N–H and O–H groups in total. The van der Waals surface area contributed by atoms with Crippen molar-refractivity contribution >= 4 is 11.6 Å². The van der Waals surface area contributed by atoms with Crippen molar-refractivity contribution in [3.05, 3.63) is 101 Å². The molecule has 28 heavy (non-hydrogen) atoms. The maximum atomic E-state index is 13.5. The van der Waals surface area contributed by atoms with Crippen LogP contribution in [0.4, 0.5) is 4.39 Å². The highest BCUT2D eigenvalue weighted by Gasteiger charge is 2.61. The van der Waals surface area contributed by atoms with Crippen LogP contribution in [0.25, 0.3) is 0 Å². The summed E-state index contributed by atoms with van der Waals surface area (Å²) < 4.78 is 23.4. The van der Waals surface area contributed by atoms with Crippen LogP contribution in [0.15, 0.2) is 73.7 Å². The first-order valence-corrected chi connectivity index (χ1v) is 9.23. The SMILES string of the molecule is C=CC[n+]1cc(C#N)n(CC2(c3ccc(F)cc3)OC2c2ccccc2Cl)c1. The van der Waals surface area contributed by atoms with E-state index in [1.165, 1.54) is 12.1 Å². The standard InChI is InChI=1S/C22H18ClFN3O/c1-2-11-26-13-18(12-25)27(15-26)14-22(16-7-9-17(24)10-8-16)21(28-22)19-5-3-4-6-20(19)23/h2-10,13,15,21H,1,11,14H2/q+1.